The highest BCUT2D eigenvalue weighted by atomic mass is 32.2. The lowest BCUT2D eigenvalue weighted by Crippen LogP contribution is -2.48. The van der Waals surface area contributed by atoms with Crippen LogP contribution < -0.4 is 10.3 Å². The number of nitro benzene ring substituents is 3. The van der Waals surface area contributed by atoms with Crippen LogP contribution in [0.25, 0.3) is 10.9 Å². The van der Waals surface area contributed by atoms with E-state index in [-0.39, 0.29) is 48.1 Å². The van der Waals surface area contributed by atoms with Crippen molar-refractivity contribution in [2.24, 2.45) is 5.10 Å². The number of pyridine rings is 1. The summed E-state index contributed by atoms with van der Waals surface area (Å²) < 4.78 is 28.8. The zero-order valence-electron chi connectivity index (χ0n) is 25.9. The molecule has 0 radical (unpaired) electrons. The molecule has 0 saturated carbocycles. The van der Waals surface area contributed by atoms with Crippen molar-refractivity contribution in [3.63, 3.8) is 0 Å². The highest BCUT2D eigenvalue weighted by Crippen LogP contribution is 2.38. The summed E-state index contributed by atoms with van der Waals surface area (Å²) >= 11 is 1.21. The van der Waals surface area contributed by atoms with Gasteiger partial charge in [0.15, 0.2) is 0 Å². The zero-order chi connectivity index (χ0) is 35.4. The fraction of sp³-hybridized carbons (Fsp3) is 0.125. The lowest BCUT2D eigenvalue weighted by Gasteiger charge is -2.35. The van der Waals surface area contributed by atoms with E-state index >= 15 is 0 Å². The van der Waals surface area contributed by atoms with Crippen LogP contribution in [-0.4, -0.2) is 64.9 Å². The van der Waals surface area contributed by atoms with Gasteiger partial charge >= 0.3 is 0 Å². The first-order valence-corrected chi connectivity index (χ1v) is 17.1. The number of sulfonamides is 1. The maximum Gasteiger partial charge on any atom is 0.283 e. The number of para-hydroxylation sites is 1. The molecular weight excluding hydrogens is 689 g/mol. The first kappa shape index (κ1) is 33.9. The van der Waals surface area contributed by atoms with Gasteiger partial charge < -0.3 is 4.90 Å². The number of benzene rings is 4. The largest absolute Gasteiger partial charge is 0.369 e. The van der Waals surface area contributed by atoms with Crippen molar-refractivity contribution < 1.29 is 23.2 Å². The number of hydrogen-bond acceptors (Lipinski definition) is 13. The van der Waals surface area contributed by atoms with Crippen molar-refractivity contribution in [1.82, 2.24) is 9.29 Å². The molecule has 254 valence electrons. The van der Waals surface area contributed by atoms with Gasteiger partial charge in [-0.1, -0.05) is 36.0 Å². The molecule has 0 atom stereocenters. The summed E-state index contributed by atoms with van der Waals surface area (Å²) in [6, 6.07) is 23.1. The molecule has 0 unspecified atom stereocenters. The van der Waals surface area contributed by atoms with Crippen LogP contribution in [0.3, 0.4) is 0 Å². The molecule has 1 aromatic heterocycles. The van der Waals surface area contributed by atoms with Gasteiger partial charge in [0.25, 0.3) is 17.1 Å². The number of nitrogens with one attached hydrogen (secondary N) is 1. The van der Waals surface area contributed by atoms with Gasteiger partial charge in [0.1, 0.15) is 4.90 Å². The number of hydrogen-bond donors (Lipinski definition) is 1. The predicted molar refractivity (Wildman–Crippen MR) is 187 cm³/mol. The number of anilines is 2. The van der Waals surface area contributed by atoms with Crippen molar-refractivity contribution in [2.45, 2.75) is 14.7 Å². The Kier molecular flexibility index (Phi) is 9.66. The number of hydrazone groups is 1. The van der Waals surface area contributed by atoms with E-state index < -0.39 is 30.5 Å². The van der Waals surface area contributed by atoms with E-state index in [1.807, 2.05) is 35.2 Å². The van der Waals surface area contributed by atoms with Gasteiger partial charge in [-0.15, -0.1) is 0 Å². The number of rotatable bonds is 11. The third kappa shape index (κ3) is 7.21. The normalized spacial score (nSPS) is 13.8. The van der Waals surface area contributed by atoms with E-state index in [9.17, 15) is 38.8 Å². The summed E-state index contributed by atoms with van der Waals surface area (Å²) in [7, 11) is -4.26. The second-order valence-corrected chi connectivity index (χ2v) is 13.9. The SMILES string of the molecule is O=[N+]([O-])c1ccc(N2CCN(S(=O)(=O)c3cc([N+](=O)[O-])ccc3N/N=C\c3ccc(Sc4cccc5cccnc45)c([N+](=O)[O-])c3)CC2)cc1. The van der Waals surface area contributed by atoms with Gasteiger partial charge in [0.05, 0.1) is 37.1 Å². The monoisotopic (exact) mass is 714 g/mol. The van der Waals surface area contributed by atoms with Crippen LogP contribution in [0.5, 0.6) is 0 Å². The standard InChI is InChI=1S/C32H26N8O8S2/c41-38(42)25-9-7-24(8-10-25)36-15-17-37(18-16-36)50(47,48)31-20-26(39(43)44)11-12-27(31)35-34-21-22-6-13-29(28(19-22)40(45)46)49-30-5-1-3-23-4-2-14-33-32(23)30/h1-14,19-21,35H,15-18H2/b34-21-. The third-order valence-electron chi connectivity index (χ3n) is 7.85. The maximum atomic E-state index is 13.8. The topological polar surface area (TPSA) is 207 Å². The molecule has 50 heavy (non-hydrogen) atoms. The molecule has 1 saturated heterocycles. The molecule has 5 aromatic rings. The van der Waals surface area contributed by atoms with E-state index in [0.717, 1.165) is 22.4 Å². The quantitative estimate of drug-likeness (QED) is 0.0940. The zero-order valence-corrected chi connectivity index (χ0v) is 27.5. The minimum Gasteiger partial charge on any atom is -0.369 e. The van der Waals surface area contributed by atoms with Gasteiger partial charge in [0.2, 0.25) is 10.0 Å². The number of aromatic nitrogens is 1. The first-order chi connectivity index (χ1) is 24.0. The summed E-state index contributed by atoms with van der Waals surface area (Å²) in [5.74, 6) is 0. The lowest BCUT2D eigenvalue weighted by atomic mass is 10.2. The summed E-state index contributed by atoms with van der Waals surface area (Å²) in [6.45, 7) is 0.648. The van der Waals surface area contributed by atoms with E-state index in [1.165, 1.54) is 46.5 Å². The van der Waals surface area contributed by atoms with Crippen LogP contribution in [0, 0.1) is 30.3 Å². The van der Waals surface area contributed by atoms with Gasteiger partial charge in [-0.2, -0.15) is 9.41 Å². The smallest absolute Gasteiger partial charge is 0.283 e. The molecule has 2 heterocycles. The molecule has 6 rings (SSSR count). The van der Waals surface area contributed by atoms with Crippen molar-refractivity contribution in [2.75, 3.05) is 36.5 Å². The molecule has 1 fully saturated rings. The van der Waals surface area contributed by atoms with E-state index in [4.69, 9.17) is 0 Å². The molecule has 0 amide bonds. The van der Waals surface area contributed by atoms with Crippen molar-refractivity contribution in [3.05, 3.63) is 133 Å². The van der Waals surface area contributed by atoms with Crippen LogP contribution >= 0.6 is 11.8 Å². The van der Waals surface area contributed by atoms with Crippen molar-refractivity contribution in [3.8, 4) is 0 Å². The Morgan fingerprint density at radius 2 is 1.48 bits per heavy atom. The van der Waals surface area contributed by atoms with Crippen molar-refractivity contribution >= 4 is 67.3 Å². The second-order valence-electron chi connectivity index (χ2n) is 10.9. The Balaban J connectivity index is 1.20. The fourth-order valence-corrected chi connectivity index (χ4v) is 7.95. The highest BCUT2D eigenvalue weighted by molar-refractivity contribution is 7.99. The Morgan fingerprint density at radius 1 is 0.780 bits per heavy atom. The molecule has 18 heteroatoms. The molecule has 0 spiro atoms. The summed E-state index contributed by atoms with van der Waals surface area (Å²) in [6.07, 6.45) is 2.93. The molecular formula is C32H26N8O8S2. The Bertz CT molecular complexity index is 2260. The summed E-state index contributed by atoms with van der Waals surface area (Å²) in [5, 5.41) is 39.6. The van der Waals surface area contributed by atoms with Gasteiger partial charge in [-0.05, 0) is 36.4 Å². The summed E-state index contributed by atoms with van der Waals surface area (Å²) in [4.78, 5) is 39.9. The minimum atomic E-state index is -4.26. The number of fused-ring (bicyclic) bond motifs is 1. The van der Waals surface area contributed by atoms with Gasteiger partial charge in [0, 0.05) is 84.2 Å². The minimum absolute atomic E-state index is 0.0326. The molecule has 0 bridgehead atoms. The summed E-state index contributed by atoms with van der Waals surface area (Å²) in [5.41, 5.74) is 3.69. The molecule has 16 nitrogen and oxygen atoms in total. The average molecular weight is 715 g/mol. The van der Waals surface area contributed by atoms with Crippen LogP contribution in [0.1, 0.15) is 5.56 Å². The lowest BCUT2D eigenvalue weighted by molar-refractivity contribution is -0.387. The molecule has 0 aliphatic carbocycles. The van der Waals surface area contributed by atoms with Crippen LogP contribution in [0.4, 0.5) is 28.4 Å². The van der Waals surface area contributed by atoms with Crippen LogP contribution in [0.2, 0.25) is 0 Å². The molecule has 1 N–H and O–H groups in total. The fourth-order valence-electron chi connectivity index (χ4n) is 5.34. The number of non-ortho nitro benzene ring substituents is 2. The van der Waals surface area contributed by atoms with Crippen LogP contribution in [0.15, 0.2) is 117 Å². The molecule has 1 aliphatic heterocycles. The highest BCUT2D eigenvalue weighted by Gasteiger charge is 2.32. The Labute approximate surface area is 288 Å². The molecule has 1 aliphatic rings. The average Bonchev–Trinajstić information content (AvgIpc) is 3.12. The van der Waals surface area contributed by atoms with Gasteiger partial charge in [-0.3, -0.25) is 40.8 Å². The van der Waals surface area contributed by atoms with Crippen molar-refractivity contribution in [1.29, 1.82) is 0 Å². The van der Waals surface area contributed by atoms with E-state index in [2.05, 4.69) is 15.5 Å². The first-order valence-electron chi connectivity index (χ1n) is 14.9. The maximum absolute atomic E-state index is 13.8. The second kappa shape index (κ2) is 14.2. The van der Waals surface area contributed by atoms with Gasteiger partial charge in [-0.25, -0.2) is 8.42 Å². The Hall–Kier alpha value is -5.98. The molecule has 4 aromatic carbocycles. The van der Waals surface area contributed by atoms with E-state index in [0.29, 0.717) is 21.7 Å². The Morgan fingerprint density at radius 3 is 2.18 bits per heavy atom. The van der Waals surface area contributed by atoms with Crippen LogP contribution in [-0.2, 0) is 10.0 Å². The predicted octanol–water partition coefficient (Wildman–Crippen LogP) is 6.07. The van der Waals surface area contributed by atoms with E-state index in [1.54, 1.807) is 30.5 Å². The third-order valence-corrected chi connectivity index (χ3v) is 10.9. The number of nitrogens with zero attached hydrogens (tertiary/aromatic N) is 7. The number of nitro groups is 3. The number of piperazine rings is 1.